The zero-order chi connectivity index (χ0) is 10.1. The quantitative estimate of drug-likeness (QED) is 0.575. The molecular formula is C12H27N. The van der Waals surface area contributed by atoms with E-state index in [1.165, 1.54) is 38.5 Å². The van der Waals surface area contributed by atoms with Crippen molar-refractivity contribution in [2.45, 2.75) is 59.3 Å². The lowest BCUT2D eigenvalue weighted by Crippen LogP contribution is -2.11. The monoisotopic (exact) mass is 185 g/mol. The highest BCUT2D eigenvalue weighted by Crippen LogP contribution is 2.21. The first-order valence-corrected chi connectivity index (χ1v) is 5.90. The largest absolute Gasteiger partial charge is 0.330 e. The Morgan fingerprint density at radius 1 is 1.08 bits per heavy atom. The van der Waals surface area contributed by atoms with Gasteiger partial charge in [0.15, 0.2) is 0 Å². The summed E-state index contributed by atoms with van der Waals surface area (Å²) in [4.78, 5) is 0. The Balaban J connectivity index is 3.53. The van der Waals surface area contributed by atoms with Gasteiger partial charge in [-0.1, -0.05) is 46.5 Å². The number of rotatable bonds is 8. The van der Waals surface area contributed by atoms with Crippen LogP contribution in [0.1, 0.15) is 59.3 Å². The summed E-state index contributed by atoms with van der Waals surface area (Å²) >= 11 is 0. The minimum Gasteiger partial charge on any atom is -0.330 e. The van der Waals surface area contributed by atoms with Crippen LogP contribution in [0.3, 0.4) is 0 Å². The first-order chi connectivity index (χ1) is 6.20. The summed E-state index contributed by atoms with van der Waals surface area (Å²) in [5, 5.41) is 0. The maximum atomic E-state index is 5.61. The van der Waals surface area contributed by atoms with Crippen LogP contribution in [0.15, 0.2) is 0 Å². The third-order valence-electron chi connectivity index (χ3n) is 2.60. The normalized spacial score (nSPS) is 13.6. The molecular weight excluding hydrogens is 158 g/mol. The standard InChI is InChI=1S/C12H27N/c1-4-5-6-7-12(8-9-13)10-11(2)3/h11-12H,4-10,13H2,1-3H3. The summed E-state index contributed by atoms with van der Waals surface area (Å²) in [6, 6.07) is 0. The lowest BCUT2D eigenvalue weighted by Gasteiger charge is -2.17. The van der Waals surface area contributed by atoms with Crippen molar-refractivity contribution < 1.29 is 0 Å². The SMILES string of the molecule is CCCCCC(CCN)CC(C)C. The van der Waals surface area contributed by atoms with Gasteiger partial charge in [0, 0.05) is 0 Å². The van der Waals surface area contributed by atoms with Gasteiger partial charge in [-0.05, 0) is 31.2 Å². The van der Waals surface area contributed by atoms with E-state index in [9.17, 15) is 0 Å². The molecule has 0 aliphatic heterocycles. The smallest absolute Gasteiger partial charge is 0.00746 e. The fourth-order valence-corrected chi connectivity index (χ4v) is 1.97. The second-order valence-electron chi connectivity index (χ2n) is 4.57. The number of nitrogens with two attached hydrogens (primary N) is 1. The van der Waals surface area contributed by atoms with Crippen molar-refractivity contribution in [2.75, 3.05) is 6.54 Å². The van der Waals surface area contributed by atoms with Gasteiger partial charge >= 0.3 is 0 Å². The summed E-state index contributed by atoms with van der Waals surface area (Å²) in [5.41, 5.74) is 5.61. The van der Waals surface area contributed by atoms with Gasteiger partial charge in [0.25, 0.3) is 0 Å². The molecule has 0 amide bonds. The van der Waals surface area contributed by atoms with E-state index in [0.29, 0.717) is 0 Å². The second kappa shape index (κ2) is 8.55. The summed E-state index contributed by atoms with van der Waals surface area (Å²) in [6.07, 6.45) is 8.09. The number of unbranched alkanes of at least 4 members (excludes halogenated alkanes) is 2. The first-order valence-electron chi connectivity index (χ1n) is 5.90. The Labute approximate surface area is 84.1 Å². The average Bonchev–Trinajstić information content (AvgIpc) is 2.04. The van der Waals surface area contributed by atoms with Gasteiger partial charge in [-0.25, -0.2) is 0 Å². The van der Waals surface area contributed by atoms with Crippen LogP contribution in [0, 0.1) is 11.8 Å². The Morgan fingerprint density at radius 2 is 1.77 bits per heavy atom. The van der Waals surface area contributed by atoms with E-state index >= 15 is 0 Å². The molecule has 1 atom stereocenters. The Hall–Kier alpha value is -0.0400. The van der Waals surface area contributed by atoms with Crippen LogP contribution in [-0.4, -0.2) is 6.54 Å². The van der Waals surface area contributed by atoms with Crippen molar-refractivity contribution in [3.63, 3.8) is 0 Å². The van der Waals surface area contributed by atoms with E-state index in [0.717, 1.165) is 18.4 Å². The van der Waals surface area contributed by atoms with Crippen LogP contribution in [0.5, 0.6) is 0 Å². The molecule has 0 heterocycles. The van der Waals surface area contributed by atoms with E-state index in [4.69, 9.17) is 5.73 Å². The van der Waals surface area contributed by atoms with E-state index in [1.807, 2.05) is 0 Å². The third-order valence-corrected chi connectivity index (χ3v) is 2.60. The van der Waals surface area contributed by atoms with Gasteiger partial charge in [0.05, 0.1) is 0 Å². The van der Waals surface area contributed by atoms with Crippen molar-refractivity contribution in [1.29, 1.82) is 0 Å². The molecule has 1 nitrogen and oxygen atoms in total. The van der Waals surface area contributed by atoms with Gasteiger partial charge < -0.3 is 5.73 Å². The predicted octanol–water partition coefficient (Wildman–Crippen LogP) is 3.58. The van der Waals surface area contributed by atoms with Gasteiger partial charge in [-0.15, -0.1) is 0 Å². The highest BCUT2D eigenvalue weighted by molar-refractivity contribution is 4.62. The Morgan fingerprint density at radius 3 is 2.23 bits per heavy atom. The van der Waals surface area contributed by atoms with Gasteiger partial charge in [0.2, 0.25) is 0 Å². The number of hydrogen-bond acceptors (Lipinski definition) is 1. The summed E-state index contributed by atoms with van der Waals surface area (Å²) in [5.74, 6) is 1.72. The second-order valence-corrected chi connectivity index (χ2v) is 4.57. The molecule has 1 heteroatoms. The molecule has 1 unspecified atom stereocenters. The number of hydrogen-bond donors (Lipinski definition) is 1. The molecule has 0 rings (SSSR count). The molecule has 0 radical (unpaired) electrons. The molecule has 80 valence electrons. The molecule has 0 aromatic heterocycles. The van der Waals surface area contributed by atoms with E-state index in [2.05, 4.69) is 20.8 Å². The van der Waals surface area contributed by atoms with Crippen molar-refractivity contribution >= 4 is 0 Å². The molecule has 2 N–H and O–H groups in total. The molecule has 0 aromatic rings. The van der Waals surface area contributed by atoms with Gasteiger partial charge in [0.1, 0.15) is 0 Å². The van der Waals surface area contributed by atoms with E-state index < -0.39 is 0 Å². The molecule has 0 bridgehead atoms. The van der Waals surface area contributed by atoms with Crippen LogP contribution in [0.25, 0.3) is 0 Å². The van der Waals surface area contributed by atoms with Gasteiger partial charge in [-0.2, -0.15) is 0 Å². The van der Waals surface area contributed by atoms with Crippen molar-refractivity contribution in [3.05, 3.63) is 0 Å². The lowest BCUT2D eigenvalue weighted by molar-refractivity contribution is 0.356. The van der Waals surface area contributed by atoms with Crippen LogP contribution in [-0.2, 0) is 0 Å². The summed E-state index contributed by atoms with van der Waals surface area (Å²) in [7, 11) is 0. The maximum absolute atomic E-state index is 5.61. The molecule has 0 saturated heterocycles. The molecule has 0 spiro atoms. The zero-order valence-corrected chi connectivity index (χ0v) is 9.68. The molecule has 0 aliphatic rings. The lowest BCUT2D eigenvalue weighted by atomic mass is 9.89. The van der Waals surface area contributed by atoms with E-state index in [1.54, 1.807) is 0 Å². The predicted molar refractivity (Wildman–Crippen MR) is 60.8 cm³/mol. The highest BCUT2D eigenvalue weighted by atomic mass is 14.5. The maximum Gasteiger partial charge on any atom is -0.00746 e. The first kappa shape index (κ1) is 13.0. The molecule has 0 aliphatic carbocycles. The third kappa shape index (κ3) is 8.29. The van der Waals surface area contributed by atoms with Crippen molar-refractivity contribution in [3.8, 4) is 0 Å². The summed E-state index contributed by atoms with van der Waals surface area (Å²) < 4.78 is 0. The molecule has 0 saturated carbocycles. The van der Waals surface area contributed by atoms with Crippen LogP contribution < -0.4 is 5.73 Å². The zero-order valence-electron chi connectivity index (χ0n) is 9.68. The fraction of sp³-hybridized carbons (Fsp3) is 1.00. The minimum atomic E-state index is 0.832. The minimum absolute atomic E-state index is 0.832. The Bertz CT molecular complexity index is 99.3. The fourth-order valence-electron chi connectivity index (χ4n) is 1.97. The van der Waals surface area contributed by atoms with E-state index in [-0.39, 0.29) is 0 Å². The molecule has 0 fully saturated rings. The molecule has 0 aromatic carbocycles. The van der Waals surface area contributed by atoms with Crippen molar-refractivity contribution in [2.24, 2.45) is 17.6 Å². The topological polar surface area (TPSA) is 26.0 Å². The van der Waals surface area contributed by atoms with Crippen LogP contribution in [0.2, 0.25) is 0 Å². The van der Waals surface area contributed by atoms with Crippen LogP contribution in [0.4, 0.5) is 0 Å². The highest BCUT2D eigenvalue weighted by Gasteiger charge is 2.09. The Kier molecular flexibility index (Phi) is 8.53. The average molecular weight is 185 g/mol. The van der Waals surface area contributed by atoms with Gasteiger partial charge in [-0.3, -0.25) is 0 Å². The van der Waals surface area contributed by atoms with Crippen LogP contribution >= 0.6 is 0 Å². The van der Waals surface area contributed by atoms with Crippen molar-refractivity contribution in [1.82, 2.24) is 0 Å². The molecule has 13 heavy (non-hydrogen) atoms. The summed E-state index contributed by atoms with van der Waals surface area (Å²) in [6.45, 7) is 7.75.